The second kappa shape index (κ2) is 5.55. The van der Waals surface area contributed by atoms with Crippen LogP contribution in [0.2, 0.25) is 0 Å². The molecule has 0 unspecified atom stereocenters. The zero-order chi connectivity index (χ0) is 13.9. The van der Waals surface area contributed by atoms with Crippen LogP contribution in [0, 0.1) is 0 Å². The quantitative estimate of drug-likeness (QED) is 0.733. The van der Waals surface area contributed by atoms with Crippen molar-refractivity contribution in [2.75, 3.05) is 17.6 Å². The smallest absolute Gasteiger partial charge is 0.329 e. The highest BCUT2D eigenvalue weighted by atomic mass is 32.2. The van der Waals surface area contributed by atoms with Crippen molar-refractivity contribution < 1.29 is 22.4 Å². The molecule has 1 saturated carbocycles. The van der Waals surface area contributed by atoms with Gasteiger partial charge >= 0.3 is 12.0 Å². The number of rotatable bonds is 7. The van der Waals surface area contributed by atoms with Crippen LogP contribution >= 0.6 is 0 Å². The van der Waals surface area contributed by atoms with Crippen LogP contribution in [-0.2, 0) is 19.6 Å². The van der Waals surface area contributed by atoms with Gasteiger partial charge in [0.1, 0.15) is 0 Å². The average Bonchev–Trinajstić information content (AvgIpc) is 3.10. The first-order chi connectivity index (χ1) is 9.00. The molecule has 9 heteroatoms. The Morgan fingerprint density at radius 3 is 2.84 bits per heavy atom. The average molecular weight is 289 g/mol. The van der Waals surface area contributed by atoms with Crippen molar-refractivity contribution in [1.82, 2.24) is 10.2 Å². The number of hydrogen-bond acceptors (Lipinski definition) is 7. The molecule has 1 aliphatic rings. The van der Waals surface area contributed by atoms with E-state index in [-0.39, 0.29) is 30.5 Å². The number of aromatic nitrogens is 2. The van der Waals surface area contributed by atoms with Gasteiger partial charge in [-0.25, -0.2) is 13.1 Å². The Kier molecular flexibility index (Phi) is 4.03. The highest BCUT2D eigenvalue weighted by Gasteiger charge is 2.29. The molecule has 1 aliphatic carbocycles. The van der Waals surface area contributed by atoms with E-state index in [0.717, 1.165) is 12.8 Å². The minimum atomic E-state index is -3.58. The molecule has 19 heavy (non-hydrogen) atoms. The van der Waals surface area contributed by atoms with Crippen LogP contribution in [0.4, 0.5) is 6.01 Å². The van der Waals surface area contributed by atoms with Gasteiger partial charge in [0.15, 0.2) is 0 Å². The lowest BCUT2D eigenvalue weighted by Gasteiger charge is -2.03. The van der Waals surface area contributed by atoms with E-state index in [1.807, 2.05) is 0 Å². The van der Waals surface area contributed by atoms with E-state index in [9.17, 15) is 13.2 Å². The first-order valence-electron chi connectivity index (χ1n) is 5.91. The van der Waals surface area contributed by atoms with E-state index < -0.39 is 16.0 Å². The Hall–Kier alpha value is -1.64. The Morgan fingerprint density at radius 1 is 1.47 bits per heavy atom. The third-order valence-corrected chi connectivity index (χ3v) is 3.94. The standard InChI is InChI=1S/C10H15N3O5S/c1-17-8(14)3-2-6-19(15,16)13-10-12-11-9(18-10)7-4-5-7/h7H,2-6H2,1H3,(H,12,13). The number of nitrogens with one attached hydrogen (secondary N) is 1. The van der Waals surface area contributed by atoms with Crippen molar-refractivity contribution in [2.24, 2.45) is 0 Å². The van der Waals surface area contributed by atoms with E-state index >= 15 is 0 Å². The molecule has 0 spiro atoms. The maximum Gasteiger partial charge on any atom is 0.329 e. The van der Waals surface area contributed by atoms with Crippen LogP contribution in [0.25, 0.3) is 0 Å². The second-order valence-electron chi connectivity index (χ2n) is 4.32. The lowest BCUT2D eigenvalue weighted by atomic mass is 10.3. The zero-order valence-electron chi connectivity index (χ0n) is 10.5. The number of hydrogen-bond donors (Lipinski definition) is 1. The van der Waals surface area contributed by atoms with Crippen molar-refractivity contribution in [1.29, 1.82) is 0 Å². The molecule has 2 rings (SSSR count). The molecule has 1 heterocycles. The number of methoxy groups -OCH3 is 1. The number of anilines is 1. The normalized spacial score (nSPS) is 15.2. The minimum absolute atomic E-state index is 0.0502. The first-order valence-corrected chi connectivity index (χ1v) is 7.56. The number of esters is 1. The topological polar surface area (TPSA) is 111 Å². The lowest BCUT2D eigenvalue weighted by molar-refractivity contribution is -0.140. The predicted octanol–water partition coefficient (Wildman–Crippen LogP) is 0.642. The van der Waals surface area contributed by atoms with Gasteiger partial charge in [0.05, 0.1) is 12.9 Å². The van der Waals surface area contributed by atoms with Gasteiger partial charge in [0.25, 0.3) is 0 Å². The summed E-state index contributed by atoms with van der Waals surface area (Å²) in [5.41, 5.74) is 0. The molecular formula is C10H15N3O5S. The fourth-order valence-corrected chi connectivity index (χ4v) is 2.44. The highest BCUT2D eigenvalue weighted by molar-refractivity contribution is 7.92. The number of carbonyl (C=O) groups is 1. The summed E-state index contributed by atoms with van der Waals surface area (Å²) in [6.45, 7) is 0. The molecule has 0 bridgehead atoms. The summed E-state index contributed by atoms with van der Waals surface area (Å²) in [6.07, 6.45) is 2.21. The zero-order valence-corrected chi connectivity index (χ0v) is 11.3. The molecule has 1 aromatic rings. The monoisotopic (exact) mass is 289 g/mol. The third-order valence-electron chi connectivity index (χ3n) is 2.63. The van der Waals surface area contributed by atoms with Crippen LogP contribution in [0.5, 0.6) is 0 Å². The Morgan fingerprint density at radius 2 is 2.21 bits per heavy atom. The Balaban J connectivity index is 1.83. The summed E-state index contributed by atoms with van der Waals surface area (Å²) in [5, 5.41) is 7.39. The molecule has 8 nitrogen and oxygen atoms in total. The summed E-state index contributed by atoms with van der Waals surface area (Å²) < 4.78 is 35.2. The highest BCUT2D eigenvalue weighted by Crippen LogP contribution is 2.39. The van der Waals surface area contributed by atoms with Gasteiger partial charge in [-0.1, -0.05) is 5.10 Å². The fraction of sp³-hybridized carbons (Fsp3) is 0.700. The molecule has 0 aliphatic heterocycles. The molecule has 0 saturated heterocycles. The summed E-state index contributed by atoms with van der Waals surface area (Å²) in [5.74, 6) is 0.0878. The van der Waals surface area contributed by atoms with Crippen LogP contribution < -0.4 is 4.72 Å². The largest absolute Gasteiger partial charge is 0.469 e. The maximum atomic E-state index is 11.7. The molecule has 106 valence electrons. The maximum absolute atomic E-state index is 11.7. The lowest BCUT2D eigenvalue weighted by Crippen LogP contribution is -2.17. The van der Waals surface area contributed by atoms with E-state index in [4.69, 9.17) is 4.42 Å². The minimum Gasteiger partial charge on any atom is -0.469 e. The summed E-state index contributed by atoms with van der Waals surface area (Å²) in [6, 6.07) is -0.125. The molecule has 0 amide bonds. The van der Waals surface area contributed by atoms with Gasteiger partial charge in [0.2, 0.25) is 15.9 Å². The summed E-state index contributed by atoms with van der Waals surface area (Å²) in [7, 11) is -2.33. The molecule has 0 radical (unpaired) electrons. The molecular weight excluding hydrogens is 274 g/mol. The third kappa shape index (κ3) is 4.19. The van der Waals surface area contributed by atoms with Gasteiger partial charge in [-0.05, 0) is 19.3 Å². The van der Waals surface area contributed by atoms with Gasteiger partial charge in [-0.2, -0.15) is 0 Å². The van der Waals surface area contributed by atoms with Gasteiger partial charge < -0.3 is 9.15 Å². The van der Waals surface area contributed by atoms with Crippen molar-refractivity contribution in [3.8, 4) is 0 Å². The number of sulfonamides is 1. The van der Waals surface area contributed by atoms with Crippen molar-refractivity contribution in [3.05, 3.63) is 5.89 Å². The number of ether oxygens (including phenoxy) is 1. The molecule has 0 atom stereocenters. The molecule has 0 aromatic carbocycles. The fourth-order valence-electron chi connectivity index (χ4n) is 1.46. The SMILES string of the molecule is COC(=O)CCCS(=O)(=O)Nc1nnc(C2CC2)o1. The van der Waals surface area contributed by atoms with Gasteiger partial charge in [-0.15, -0.1) is 5.10 Å². The van der Waals surface area contributed by atoms with Crippen LogP contribution in [0.1, 0.15) is 37.5 Å². The summed E-state index contributed by atoms with van der Waals surface area (Å²) in [4.78, 5) is 10.9. The van der Waals surface area contributed by atoms with Crippen LogP contribution in [-0.4, -0.2) is 37.4 Å². The van der Waals surface area contributed by atoms with E-state index in [1.54, 1.807) is 0 Å². The first kappa shape index (κ1) is 13.8. The van der Waals surface area contributed by atoms with Crippen LogP contribution in [0.15, 0.2) is 4.42 Å². The Bertz CT molecular complexity index is 549. The van der Waals surface area contributed by atoms with Crippen molar-refractivity contribution in [3.63, 3.8) is 0 Å². The molecule has 1 N–H and O–H groups in total. The van der Waals surface area contributed by atoms with Gasteiger partial charge in [0, 0.05) is 12.3 Å². The van der Waals surface area contributed by atoms with Crippen molar-refractivity contribution in [2.45, 2.75) is 31.6 Å². The second-order valence-corrected chi connectivity index (χ2v) is 6.16. The van der Waals surface area contributed by atoms with Gasteiger partial charge in [-0.3, -0.25) is 4.79 Å². The van der Waals surface area contributed by atoms with E-state index in [1.165, 1.54) is 7.11 Å². The number of carbonyl (C=O) groups excluding carboxylic acids is 1. The van der Waals surface area contributed by atoms with E-state index in [0.29, 0.717) is 5.89 Å². The van der Waals surface area contributed by atoms with Crippen molar-refractivity contribution >= 4 is 22.0 Å². The predicted molar refractivity (Wildman–Crippen MR) is 64.9 cm³/mol. The molecule has 1 aromatic heterocycles. The molecule has 1 fully saturated rings. The Labute approximate surface area is 110 Å². The van der Waals surface area contributed by atoms with Crippen LogP contribution in [0.3, 0.4) is 0 Å². The summed E-state index contributed by atoms with van der Waals surface area (Å²) >= 11 is 0. The van der Waals surface area contributed by atoms with E-state index in [2.05, 4.69) is 19.7 Å². The number of nitrogens with zero attached hydrogens (tertiary/aromatic N) is 2.